The first-order valence-corrected chi connectivity index (χ1v) is 15.7. The van der Waals surface area contributed by atoms with Gasteiger partial charge in [-0.1, -0.05) is 102 Å². The topological polar surface area (TPSA) is 35.6 Å². The molecule has 3 heterocycles. The molecule has 4 nitrogen and oxygen atoms in total. The molecule has 0 bridgehead atoms. The average molecular weight is 796 g/mol. The van der Waals surface area contributed by atoms with Crippen molar-refractivity contribution in [3.05, 3.63) is 164 Å². The van der Waals surface area contributed by atoms with Crippen LogP contribution < -0.4 is 0 Å². The third kappa shape index (κ3) is 5.06. The summed E-state index contributed by atoms with van der Waals surface area (Å²) in [4.78, 5) is 9.94. The predicted molar refractivity (Wildman–Crippen MR) is 192 cm³/mol. The second-order valence-corrected chi connectivity index (χ2v) is 11.8. The van der Waals surface area contributed by atoms with Crippen LogP contribution in [0.1, 0.15) is 0 Å². The molecule has 5 heteroatoms. The zero-order chi connectivity index (χ0) is 31.3. The minimum Gasteiger partial charge on any atom is -0.367 e. The Morgan fingerprint density at radius 1 is 0.542 bits per heavy atom. The number of hydrogen-bond acceptors (Lipinski definition) is 2. The molecular formula is C43H28N4Pt. The Morgan fingerprint density at radius 2 is 1.27 bits per heavy atom. The smallest absolute Gasteiger partial charge is 0.367 e. The van der Waals surface area contributed by atoms with Gasteiger partial charge in [0.25, 0.3) is 0 Å². The van der Waals surface area contributed by atoms with E-state index in [1.165, 1.54) is 10.9 Å². The van der Waals surface area contributed by atoms with E-state index >= 15 is 0 Å². The van der Waals surface area contributed by atoms with Crippen LogP contribution in [-0.4, -0.2) is 19.1 Å². The first-order valence-electron chi connectivity index (χ1n) is 15.7. The van der Waals surface area contributed by atoms with Gasteiger partial charge in [0.2, 0.25) is 0 Å². The van der Waals surface area contributed by atoms with Gasteiger partial charge in [0.1, 0.15) is 0 Å². The van der Waals surface area contributed by atoms with Crippen molar-refractivity contribution in [3.8, 4) is 50.6 Å². The molecule has 0 unspecified atom stereocenters. The van der Waals surface area contributed by atoms with E-state index in [4.69, 9.17) is 9.97 Å². The van der Waals surface area contributed by atoms with Crippen molar-refractivity contribution in [1.82, 2.24) is 19.1 Å². The van der Waals surface area contributed by atoms with Gasteiger partial charge < -0.3 is 14.1 Å². The Hall–Kier alpha value is -5.57. The summed E-state index contributed by atoms with van der Waals surface area (Å²) in [6.07, 6.45) is 1.94. The van der Waals surface area contributed by atoms with Crippen molar-refractivity contribution in [3.63, 3.8) is 0 Å². The van der Waals surface area contributed by atoms with Gasteiger partial charge in [0.15, 0.2) is 0 Å². The number of aromatic nitrogens is 4. The number of benzene rings is 6. The van der Waals surface area contributed by atoms with Crippen molar-refractivity contribution in [2.24, 2.45) is 7.05 Å². The summed E-state index contributed by atoms with van der Waals surface area (Å²) < 4.78 is 4.42. The van der Waals surface area contributed by atoms with Crippen LogP contribution in [0, 0.1) is 12.1 Å². The first kappa shape index (κ1) is 29.8. The molecular weight excluding hydrogens is 768 g/mol. The van der Waals surface area contributed by atoms with Gasteiger partial charge in [0.05, 0.1) is 16.9 Å². The van der Waals surface area contributed by atoms with Gasteiger partial charge in [-0.2, -0.15) is 0 Å². The van der Waals surface area contributed by atoms with Gasteiger partial charge >= 0.3 is 21.1 Å². The van der Waals surface area contributed by atoms with Crippen LogP contribution in [0.25, 0.3) is 83.4 Å². The molecule has 48 heavy (non-hydrogen) atoms. The van der Waals surface area contributed by atoms with Crippen molar-refractivity contribution in [2.75, 3.05) is 0 Å². The molecule has 0 atom stereocenters. The van der Waals surface area contributed by atoms with Crippen LogP contribution >= 0.6 is 0 Å². The predicted octanol–water partition coefficient (Wildman–Crippen LogP) is 10.3. The molecule has 0 spiro atoms. The largest absolute Gasteiger partial charge is 2.00 e. The molecule has 6 aromatic carbocycles. The molecule has 9 aromatic rings. The second kappa shape index (κ2) is 12.2. The summed E-state index contributed by atoms with van der Waals surface area (Å²) in [5.41, 5.74) is 12.4. The molecule has 3 aromatic heterocycles. The summed E-state index contributed by atoms with van der Waals surface area (Å²) in [6, 6.07) is 58.0. The number of para-hydroxylation sites is 1. The minimum atomic E-state index is 0. The number of fused-ring (bicyclic) bond motifs is 4. The van der Waals surface area contributed by atoms with Gasteiger partial charge in [-0.15, -0.1) is 53.6 Å². The summed E-state index contributed by atoms with van der Waals surface area (Å²) in [5.74, 6) is 0.879. The molecule has 0 aliphatic carbocycles. The molecule has 0 radical (unpaired) electrons. The van der Waals surface area contributed by atoms with Crippen molar-refractivity contribution >= 4 is 32.8 Å². The van der Waals surface area contributed by atoms with E-state index in [-0.39, 0.29) is 21.1 Å². The van der Waals surface area contributed by atoms with E-state index in [0.29, 0.717) is 0 Å². The van der Waals surface area contributed by atoms with Crippen LogP contribution in [0.4, 0.5) is 0 Å². The molecule has 0 saturated carbocycles. The molecule has 0 aliphatic rings. The number of rotatable bonds is 5. The van der Waals surface area contributed by atoms with Gasteiger partial charge in [-0.05, 0) is 62.7 Å². The number of pyridine rings is 1. The minimum absolute atomic E-state index is 0. The van der Waals surface area contributed by atoms with E-state index in [1.807, 2.05) is 30.5 Å². The number of aryl methyl sites for hydroxylation is 1. The SMILES string of the molecule is Cn1c(-c2[c-]c3c(cc2)c2ccccc2n3-c2[c-]c(-c3ccc(-c4ccccc4)cn3)ccc2)nc2cc(-c3ccccc3)ccc21.[Pt+2]. The quantitative estimate of drug-likeness (QED) is 0.163. The fraction of sp³-hybridized carbons (Fsp3) is 0.0233. The molecule has 0 amide bonds. The molecule has 0 fully saturated rings. The Labute approximate surface area is 293 Å². The molecule has 9 rings (SSSR count). The Bertz CT molecular complexity index is 2570. The number of nitrogens with zero attached hydrogens (tertiary/aromatic N) is 4. The van der Waals surface area contributed by atoms with E-state index in [9.17, 15) is 0 Å². The number of hydrogen-bond donors (Lipinski definition) is 0. The van der Waals surface area contributed by atoms with Crippen LogP contribution in [0.5, 0.6) is 0 Å². The van der Waals surface area contributed by atoms with Crippen LogP contribution in [0.3, 0.4) is 0 Å². The zero-order valence-electron chi connectivity index (χ0n) is 26.0. The van der Waals surface area contributed by atoms with Gasteiger partial charge in [-0.25, -0.2) is 0 Å². The normalized spacial score (nSPS) is 11.3. The monoisotopic (exact) mass is 795 g/mol. The maximum atomic E-state index is 5.12. The zero-order valence-corrected chi connectivity index (χ0v) is 28.3. The van der Waals surface area contributed by atoms with Crippen LogP contribution in [0.2, 0.25) is 0 Å². The Morgan fingerprint density at radius 3 is 2.04 bits per heavy atom. The summed E-state index contributed by atoms with van der Waals surface area (Å²) in [6.45, 7) is 0. The fourth-order valence-electron chi connectivity index (χ4n) is 6.62. The van der Waals surface area contributed by atoms with Crippen LogP contribution in [-0.2, 0) is 28.1 Å². The molecule has 0 N–H and O–H groups in total. The Balaban J connectivity index is 0.00000336. The van der Waals surface area contributed by atoms with E-state index in [2.05, 4.69) is 150 Å². The molecule has 0 saturated heterocycles. The van der Waals surface area contributed by atoms with Crippen LogP contribution in [0.15, 0.2) is 152 Å². The maximum Gasteiger partial charge on any atom is 2.00 e. The maximum absolute atomic E-state index is 5.12. The van der Waals surface area contributed by atoms with E-state index in [1.54, 1.807) is 0 Å². The number of imidazole rings is 1. The molecule has 230 valence electrons. The Kier molecular flexibility index (Phi) is 7.59. The van der Waals surface area contributed by atoms with Crippen molar-refractivity contribution < 1.29 is 21.1 Å². The standard InChI is InChI=1S/C43H28N4.Pt/c1-46-41-24-21-31(29-11-4-2-5-12-29)26-39(41)45-43(46)33-19-22-37-36-17-8-9-18-40(36)47(42(37)27-33)35-16-10-15-32(25-35)38-23-20-34(28-44-38)30-13-6-3-7-14-30;/h2-24,26,28H,1H3;/q-2;+2. The summed E-state index contributed by atoms with van der Waals surface area (Å²) in [5, 5.41) is 2.31. The van der Waals surface area contributed by atoms with Gasteiger partial charge in [-0.3, -0.25) is 4.98 Å². The fourth-order valence-corrected chi connectivity index (χ4v) is 6.62. The third-order valence-corrected chi connectivity index (χ3v) is 8.98. The third-order valence-electron chi connectivity index (χ3n) is 8.98. The first-order chi connectivity index (χ1) is 23.2. The van der Waals surface area contributed by atoms with E-state index in [0.717, 1.165) is 72.5 Å². The molecule has 0 aliphatic heterocycles. The second-order valence-electron chi connectivity index (χ2n) is 11.8. The summed E-state index contributed by atoms with van der Waals surface area (Å²) >= 11 is 0. The summed E-state index contributed by atoms with van der Waals surface area (Å²) in [7, 11) is 2.08. The van der Waals surface area contributed by atoms with Crippen molar-refractivity contribution in [1.29, 1.82) is 0 Å². The average Bonchev–Trinajstić information content (AvgIpc) is 3.66. The van der Waals surface area contributed by atoms with E-state index < -0.39 is 0 Å². The van der Waals surface area contributed by atoms with Crippen molar-refractivity contribution in [2.45, 2.75) is 0 Å². The van der Waals surface area contributed by atoms with Gasteiger partial charge in [0, 0.05) is 18.8 Å².